The van der Waals surface area contributed by atoms with Crippen LogP contribution < -0.4 is 10.5 Å². The van der Waals surface area contributed by atoms with E-state index in [2.05, 4.69) is 6.07 Å². The Balaban J connectivity index is 2.62. The highest BCUT2D eigenvalue weighted by atomic mass is 16.5. The summed E-state index contributed by atoms with van der Waals surface area (Å²) >= 11 is 0. The monoisotopic (exact) mass is 233 g/mol. The molecule has 2 rings (SSSR count). The van der Waals surface area contributed by atoms with E-state index < -0.39 is 0 Å². The van der Waals surface area contributed by atoms with Crippen LogP contribution in [0.25, 0.3) is 11.0 Å². The van der Waals surface area contributed by atoms with Gasteiger partial charge in [0.1, 0.15) is 11.3 Å². The number of furan rings is 1. The minimum absolute atomic E-state index is 0.253. The van der Waals surface area contributed by atoms with Crippen molar-refractivity contribution in [3.05, 3.63) is 29.5 Å². The van der Waals surface area contributed by atoms with E-state index in [1.807, 2.05) is 26.8 Å². The molecule has 0 fully saturated rings. The molecule has 1 aromatic carbocycles. The largest absolute Gasteiger partial charge is 0.496 e. The van der Waals surface area contributed by atoms with Crippen molar-refractivity contribution in [3.63, 3.8) is 0 Å². The van der Waals surface area contributed by atoms with Gasteiger partial charge in [-0.3, -0.25) is 0 Å². The topological polar surface area (TPSA) is 48.4 Å². The van der Waals surface area contributed by atoms with Gasteiger partial charge in [0.15, 0.2) is 0 Å². The molecule has 0 unspecified atom stereocenters. The Morgan fingerprint density at radius 2 is 2.12 bits per heavy atom. The van der Waals surface area contributed by atoms with Crippen molar-refractivity contribution in [2.75, 3.05) is 7.11 Å². The van der Waals surface area contributed by atoms with Gasteiger partial charge in [-0.15, -0.1) is 0 Å². The van der Waals surface area contributed by atoms with Crippen molar-refractivity contribution in [2.45, 2.75) is 32.7 Å². The average molecular weight is 233 g/mol. The molecule has 17 heavy (non-hydrogen) atoms. The van der Waals surface area contributed by atoms with Crippen LogP contribution in [0.4, 0.5) is 0 Å². The molecule has 0 amide bonds. The summed E-state index contributed by atoms with van der Waals surface area (Å²) < 4.78 is 11.0. The van der Waals surface area contributed by atoms with Crippen molar-refractivity contribution < 1.29 is 9.15 Å². The average Bonchev–Trinajstić information content (AvgIpc) is 2.64. The molecule has 0 bridgehead atoms. The molecule has 0 spiro atoms. The summed E-state index contributed by atoms with van der Waals surface area (Å²) in [7, 11) is 1.68. The number of aryl methyl sites for hydroxylation is 1. The molecule has 0 aliphatic heterocycles. The summed E-state index contributed by atoms with van der Waals surface area (Å²) in [4.78, 5) is 0. The lowest BCUT2D eigenvalue weighted by Crippen LogP contribution is -2.34. The first-order chi connectivity index (χ1) is 7.92. The maximum Gasteiger partial charge on any atom is 0.140 e. The molecule has 0 aliphatic rings. The molecule has 1 heterocycles. The number of ether oxygens (including phenoxy) is 1. The first-order valence-corrected chi connectivity index (χ1v) is 5.75. The zero-order valence-corrected chi connectivity index (χ0v) is 10.8. The van der Waals surface area contributed by atoms with Gasteiger partial charge in [0.2, 0.25) is 0 Å². The normalized spacial score (nSPS) is 12.1. The fraction of sp³-hybridized carbons (Fsp3) is 0.429. The maximum absolute atomic E-state index is 6.08. The van der Waals surface area contributed by atoms with Gasteiger partial charge < -0.3 is 14.9 Å². The number of rotatable bonds is 3. The van der Waals surface area contributed by atoms with E-state index >= 15 is 0 Å². The molecule has 3 heteroatoms. The number of fused-ring (bicyclic) bond motifs is 1. The molecule has 1 aromatic heterocycles. The van der Waals surface area contributed by atoms with Crippen LogP contribution in [0.5, 0.6) is 5.75 Å². The minimum Gasteiger partial charge on any atom is -0.496 e. The third-order valence-electron chi connectivity index (χ3n) is 2.80. The van der Waals surface area contributed by atoms with Crippen LogP contribution in [0, 0.1) is 6.92 Å². The molecule has 2 aromatic rings. The van der Waals surface area contributed by atoms with Crippen molar-refractivity contribution in [1.29, 1.82) is 0 Å². The minimum atomic E-state index is -0.253. The van der Waals surface area contributed by atoms with E-state index in [0.29, 0.717) is 0 Å². The van der Waals surface area contributed by atoms with Crippen LogP contribution >= 0.6 is 0 Å². The van der Waals surface area contributed by atoms with E-state index in [-0.39, 0.29) is 5.54 Å². The van der Waals surface area contributed by atoms with Gasteiger partial charge in [-0.2, -0.15) is 0 Å². The Bertz CT molecular complexity index is 535. The van der Waals surface area contributed by atoms with Crippen molar-refractivity contribution in [3.8, 4) is 5.75 Å². The number of benzene rings is 1. The Morgan fingerprint density at radius 3 is 2.71 bits per heavy atom. The number of nitrogens with two attached hydrogens (primary N) is 1. The molecule has 0 aliphatic carbocycles. The molecular formula is C14H19NO2. The number of hydrogen-bond acceptors (Lipinski definition) is 3. The second-order valence-corrected chi connectivity index (χ2v) is 5.21. The lowest BCUT2D eigenvalue weighted by Gasteiger charge is -2.20. The van der Waals surface area contributed by atoms with Crippen molar-refractivity contribution >= 4 is 11.0 Å². The van der Waals surface area contributed by atoms with Crippen LogP contribution in [-0.2, 0) is 6.42 Å². The van der Waals surface area contributed by atoms with E-state index in [1.165, 1.54) is 0 Å². The third kappa shape index (κ3) is 2.29. The van der Waals surface area contributed by atoms with E-state index in [9.17, 15) is 0 Å². The zero-order valence-electron chi connectivity index (χ0n) is 10.8. The summed E-state index contributed by atoms with van der Waals surface area (Å²) in [6, 6.07) is 4.04. The van der Waals surface area contributed by atoms with Gasteiger partial charge in [-0.05, 0) is 50.5 Å². The quantitative estimate of drug-likeness (QED) is 0.886. The van der Waals surface area contributed by atoms with Crippen LogP contribution in [0.2, 0.25) is 0 Å². The predicted octanol–water partition coefficient (Wildman–Crippen LogP) is 3.03. The lowest BCUT2D eigenvalue weighted by molar-refractivity contribution is 0.407. The van der Waals surface area contributed by atoms with Crippen LogP contribution in [0.1, 0.15) is 25.0 Å². The fourth-order valence-electron chi connectivity index (χ4n) is 2.22. The summed E-state index contributed by atoms with van der Waals surface area (Å²) in [6.45, 7) is 6.07. The molecule has 92 valence electrons. The number of methoxy groups -OCH3 is 1. The molecule has 0 atom stereocenters. The molecule has 0 radical (unpaired) electrons. The molecule has 0 saturated heterocycles. The van der Waals surface area contributed by atoms with Crippen molar-refractivity contribution in [1.82, 2.24) is 0 Å². The second kappa shape index (κ2) is 4.08. The van der Waals surface area contributed by atoms with Gasteiger partial charge in [0.25, 0.3) is 0 Å². The summed E-state index contributed by atoms with van der Waals surface area (Å²) in [6.07, 6.45) is 2.47. The van der Waals surface area contributed by atoms with Crippen LogP contribution in [-0.4, -0.2) is 12.6 Å². The molecular weight excluding hydrogens is 214 g/mol. The van der Waals surface area contributed by atoms with E-state index in [1.54, 1.807) is 13.4 Å². The Hall–Kier alpha value is -1.48. The van der Waals surface area contributed by atoms with E-state index in [4.69, 9.17) is 14.9 Å². The van der Waals surface area contributed by atoms with Gasteiger partial charge in [0.05, 0.1) is 18.8 Å². The fourth-order valence-corrected chi connectivity index (χ4v) is 2.22. The number of hydrogen-bond donors (Lipinski definition) is 1. The molecule has 0 saturated carbocycles. The lowest BCUT2D eigenvalue weighted by atomic mass is 9.93. The van der Waals surface area contributed by atoms with Crippen LogP contribution in [0.3, 0.4) is 0 Å². The molecule has 3 nitrogen and oxygen atoms in total. The van der Waals surface area contributed by atoms with Gasteiger partial charge >= 0.3 is 0 Å². The second-order valence-electron chi connectivity index (χ2n) is 5.21. The Labute approximate surface area is 102 Å². The molecule has 2 N–H and O–H groups in total. The zero-order chi connectivity index (χ0) is 12.6. The summed E-state index contributed by atoms with van der Waals surface area (Å²) in [5, 5.41) is 1.02. The Morgan fingerprint density at radius 1 is 1.41 bits per heavy atom. The maximum atomic E-state index is 6.08. The summed E-state index contributed by atoms with van der Waals surface area (Å²) in [5.41, 5.74) is 8.96. The first kappa shape index (κ1) is 12.0. The summed E-state index contributed by atoms with van der Waals surface area (Å²) in [5.74, 6) is 0.873. The van der Waals surface area contributed by atoms with Crippen molar-refractivity contribution in [2.24, 2.45) is 5.73 Å². The highest BCUT2D eigenvalue weighted by molar-refractivity contribution is 5.88. The SMILES string of the molecule is COc1c(CC(C)(C)N)cc(C)c2occc12. The Kier molecular flexibility index (Phi) is 2.87. The smallest absolute Gasteiger partial charge is 0.140 e. The van der Waals surface area contributed by atoms with E-state index in [0.717, 1.165) is 34.3 Å². The highest BCUT2D eigenvalue weighted by Gasteiger charge is 2.19. The first-order valence-electron chi connectivity index (χ1n) is 5.75. The van der Waals surface area contributed by atoms with Gasteiger partial charge in [0, 0.05) is 5.54 Å². The third-order valence-corrected chi connectivity index (χ3v) is 2.80. The highest BCUT2D eigenvalue weighted by Crippen LogP contribution is 2.34. The van der Waals surface area contributed by atoms with Crippen LogP contribution in [0.15, 0.2) is 22.8 Å². The van der Waals surface area contributed by atoms with Gasteiger partial charge in [-0.1, -0.05) is 0 Å². The van der Waals surface area contributed by atoms with Gasteiger partial charge in [-0.25, -0.2) is 0 Å². The standard InChI is InChI=1S/C14H19NO2/c1-9-7-10(8-14(2,3)15)13(16-4)11-5-6-17-12(9)11/h5-7H,8,15H2,1-4H3. The predicted molar refractivity (Wildman–Crippen MR) is 69.5 cm³/mol.